The molecular weight excluding hydrogens is 324 g/mol. The molecule has 132 valence electrons. The fourth-order valence-corrected chi connectivity index (χ4v) is 2.63. The highest BCUT2D eigenvalue weighted by atomic mass is 16.1. The second-order valence-electron chi connectivity index (χ2n) is 6.32. The zero-order chi connectivity index (χ0) is 18.5. The molecule has 3 rings (SSSR count). The van der Waals surface area contributed by atoms with Gasteiger partial charge in [0.25, 0.3) is 5.91 Å². The lowest BCUT2D eigenvalue weighted by atomic mass is 10.2. The summed E-state index contributed by atoms with van der Waals surface area (Å²) in [5, 5.41) is 2.88. The van der Waals surface area contributed by atoms with Crippen LogP contribution in [0.2, 0.25) is 0 Å². The van der Waals surface area contributed by atoms with Gasteiger partial charge in [0.05, 0.1) is 0 Å². The SMILES string of the molecule is Cc1ccc(NC(=O)c2cc(N(C)Cc3ccccc3)nc(C)n2)cc1. The highest BCUT2D eigenvalue weighted by Crippen LogP contribution is 2.16. The van der Waals surface area contributed by atoms with Gasteiger partial charge in [0.2, 0.25) is 0 Å². The first kappa shape index (κ1) is 17.6. The molecule has 1 heterocycles. The van der Waals surface area contributed by atoms with E-state index in [0.29, 0.717) is 18.1 Å². The Morgan fingerprint density at radius 1 is 1.00 bits per heavy atom. The number of anilines is 2. The highest BCUT2D eigenvalue weighted by molar-refractivity contribution is 6.03. The van der Waals surface area contributed by atoms with E-state index in [2.05, 4.69) is 27.4 Å². The van der Waals surface area contributed by atoms with Gasteiger partial charge in [0.15, 0.2) is 0 Å². The molecule has 5 nitrogen and oxygen atoms in total. The van der Waals surface area contributed by atoms with Crippen LogP contribution in [0.15, 0.2) is 60.7 Å². The van der Waals surface area contributed by atoms with Gasteiger partial charge in [-0.05, 0) is 31.5 Å². The number of carbonyl (C=O) groups excluding carboxylic acids is 1. The molecule has 3 aromatic rings. The standard InChI is InChI=1S/C21H22N4O/c1-15-9-11-18(12-10-15)24-21(26)19-13-20(23-16(2)22-19)25(3)14-17-7-5-4-6-8-17/h4-13H,14H2,1-3H3,(H,24,26). The number of aryl methyl sites for hydroxylation is 2. The summed E-state index contributed by atoms with van der Waals surface area (Å²) in [5.41, 5.74) is 3.42. The molecule has 1 N–H and O–H groups in total. The second-order valence-corrected chi connectivity index (χ2v) is 6.32. The van der Waals surface area contributed by atoms with Crippen LogP contribution in [-0.4, -0.2) is 22.9 Å². The Balaban J connectivity index is 1.78. The molecule has 0 unspecified atom stereocenters. The van der Waals surface area contributed by atoms with Gasteiger partial charge in [-0.15, -0.1) is 0 Å². The third kappa shape index (κ3) is 4.45. The van der Waals surface area contributed by atoms with Crippen LogP contribution in [-0.2, 0) is 6.54 Å². The van der Waals surface area contributed by atoms with E-state index < -0.39 is 0 Å². The van der Waals surface area contributed by atoms with Crippen LogP contribution in [0.4, 0.5) is 11.5 Å². The predicted molar refractivity (Wildman–Crippen MR) is 104 cm³/mol. The van der Waals surface area contributed by atoms with Crippen LogP contribution in [0.1, 0.15) is 27.4 Å². The van der Waals surface area contributed by atoms with Crippen molar-refractivity contribution in [3.8, 4) is 0 Å². The fourth-order valence-electron chi connectivity index (χ4n) is 2.63. The normalized spacial score (nSPS) is 10.4. The van der Waals surface area contributed by atoms with Gasteiger partial charge in [-0.25, -0.2) is 9.97 Å². The van der Waals surface area contributed by atoms with E-state index in [0.717, 1.165) is 17.1 Å². The molecule has 0 saturated heterocycles. The lowest BCUT2D eigenvalue weighted by Crippen LogP contribution is -2.21. The summed E-state index contributed by atoms with van der Waals surface area (Å²) in [6.45, 7) is 4.51. The first-order valence-electron chi connectivity index (χ1n) is 8.50. The molecule has 0 fully saturated rings. The number of amides is 1. The third-order valence-corrected chi connectivity index (χ3v) is 4.02. The molecule has 0 aliphatic carbocycles. The summed E-state index contributed by atoms with van der Waals surface area (Å²) >= 11 is 0. The fraction of sp³-hybridized carbons (Fsp3) is 0.190. The minimum absolute atomic E-state index is 0.242. The van der Waals surface area contributed by atoms with Crippen molar-refractivity contribution in [2.45, 2.75) is 20.4 Å². The average molecular weight is 346 g/mol. The average Bonchev–Trinajstić information content (AvgIpc) is 2.64. The summed E-state index contributed by atoms with van der Waals surface area (Å²) < 4.78 is 0. The Hall–Kier alpha value is -3.21. The maximum atomic E-state index is 12.6. The van der Waals surface area contributed by atoms with Gasteiger partial charge >= 0.3 is 0 Å². The van der Waals surface area contributed by atoms with E-state index in [1.54, 1.807) is 13.0 Å². The molecule has 0 aliphatic heterocycles. The maximum absolute atomic E-state index is 12.6. The van der Waals surface area contributed by atoms with E-state index in [-0.39, 0.29) is 5.91 Å². The lowest BCUT2D eigenvalue weighted by Gasteiger charge is -2.19. The van der Waals surface area contributed by atoms with Gasteiger partial charge in [-0.2, -0.15) is 0 Å². The van der Waals surface area contributed by atoms with Crippen molar-refractivity contribution in [2.24, 2.45) is 0 Å². The van der Waals surface area contributed by atoms with E-state index in [1.807, 2.05) is 61.3 Å². The zero-order valence-electron chi connectivity index (χ0n) is 15.2. The first-order valence-corrected chi connectivity index (χ1v) is 8.50. The third-order valence-electron chi connectivity index (χ3n) is 4.02. The Morgan fingerprint density at radius 3 is 2.38 bits per heavy atom. The lowest BCUT2D eigenvalue weighted by molar-refractivity contribution is 0.102. The van der Waals surface area contributed by atoms with Crippen LogP contribution in [0.5, 0.6) is 0 Å². The largest absolute Gasteiger partial charge is 0.355 e. The molecule has 0 atom stereocenters. The van der Waals surface area contributed by atoms with Crippen molar-refractivity contribution >= 4 is 17.4 Å². The molecule has 2 aromatic carbocycles. The van der Waals surface area contributed by atoms with Gasteiger partial charge in [-0.1, -0.05) is 48.0 Å². The molecule has 1 aromatic heterocycles. The minimum atomic E-state index is -0.242. The van der Waals surface area contributed by atoms with Crippen LogP contribution in [0.3, 0.4) is 0 Å². The van der Waals surface area contributed by atoms with Crippen molar-refractivity contribution in [3.05, 3.63) is 83.3 Å². The smallest absolute Gasteiger partial charge is 0.274 e. The van der Waals surface area contributed by atoms with Crippen LogP contribution >= 0.6 is 0 Å². The summed E-state index contributed by atoms with van der Waals surface area (Å²) in [4.78, 5) is 23.3. The van der Waals surface area contributed by atoms with E-state index >= 15 is 0 Å². The topological polar surface area (TPSA) is 58.1 Å². The van der Waals surface area contributed by atoms with Gasteiger partial charge in [-0.3, -0.25) is 4.79 Å². The van der Waals surface area contributed by atoms with Crippen molar-refractivity contribution in [1.82, 2.24) is 9.97 Å². The summed E-state index contributed by atoms with van der Waals surface area (Å²) in [6.07, 6.45) is 0. The molecule has 1 amide bonds. The quantitative estimate of drug-likeness (QED) is 0.759. The first-order chi connectivity index (χ1) is 12.5. The van der Waals surface area contributed by atoms with E-state index in [9.17, 15) is 4.79 Å². The maximum Gasteiger partial charge on any atom is 0.274 e. The number of hydrogen-bond donors (Lipinski definition) is 1. The molecular formula is C21H22N4O. The number of benzene rings is 2. The molecule has 0 aliphatic rings. The molecule has 0 spiro atoms. The number of rotatable bonds is 5. The molecule has 26 heavy (non-hydrogen) atoms. The Kier molecular flexibility index (Phi) is 5.27. The highest BCUT2D eigenvalue weighted by Gasteiger charge is 2.13. The summed E-state index contributed by atoms with van der Waals surface area (Å²) in [6, 6.07) is 19.5. The predicted octanol–water partition coefficient (Wildman–Crippen LogP) is 3.98. The summed E-state index contributed by atoms with van der Waals surface area (Å²) in [5.74, 6) is 1.04. The molecule has 0 bridgehead atoms. The van der Waals surface area contributed by atoms with Gasteiger partial charge in [0.1, 0.15) is 17.3 Å². The number of nitrogens with one attached hydrogen (secondary N) is 1. The Bertz CT molecular complexity index is 892. The van der Waals surface area contributed by atoms with Crippen LogP contribution in [0, 0.1) is 13.8 Å². The van der Waals surface area contributed by atoms with Crippen LogP contribution < -0.4 is 10.2 Å². The zero-order valence-corrected chi connectivity index (χ0v) is 15.2. The van der Waals surface area contributed by atoms with Gasteiger partial charge < -0.3 is 10.2 Å². The number of hydrogen-bond acceptors (Lipinski definition) is 4. The minimum Gasteiger partial charge on any atom is -0.355 e. The molecule has 0 saturated carbocycles. The van der Waals surface area contributed by atoms with Crippen molar-refractivity contribution in [3.63, 3.8) is 0 Å². The van der Waals surface area contributed by atoms with Gasteiger partial charge in [0, 0.05) is 25.3 Å². The van der Waals surface area contributed by atoms with E-state index in [4.69, 9.17) is 0 Å². The summed E-state index contributed by atoms with van der Waals surface area (Å²) in [7, 11) is 1.95. The number of aromatic nitrogens is 2. The van der Waals surface area contributed by atoms with E-state index in [1.165, 1.54) is 5.56 Å². The number of nitrogens with zero attached hydrogens (tertiary/aromatic N) is 3. The number of carbonyl (C=O) groups is 1. The van der Waals surface area contributed by atoms with Crippen molar-refractivity contribution in [1.29, 1.82) is 0 Å². The Morgan fingerprint density at radius 2 is 1.69 bits per heavy atom. The Labute approximate surface area is 153 Å². The van der Waals surface area contributed by atoms with Crippen molar-refractivity contribution < 1.29 is 4.79 Å². The molecule has 0 radical (unpaired) electrons. The van der Waals surface area contributed by atoms with Crippen molar-refractivity contribution in [2.75, 3.05) is 17.3 Å². The second kappa shape index (κ2) is 7.78. The molecule has 5 heteroatoms. The van der Waals surface area contributed by atoms with Crippen LogP contribution in [0.25, 0.3) is 0 Å². The monoisotopic (exact) mass is 346 g/mol.